The number of nitriles is 2. The Balaban J connectivity index is 2.00. The van der Waals surface area contributed by atoms with E-state index in [4.69, 9.17) is 15.3 Å². The largest absolute Gasteiger partial charge is 0.489 e. The van der Waals surface area contributed by atoms with Gasteiger partial charge in [-0.05, 0) is 23.3 Å². The molecule has 0 N–H and O–H groups in total. The van der Waals surface area contributed by atoms with Gasteiger partial charge in [0.1, 0.15) is 18.3 Å². The first-order chi connectivity index (χ1) is 9.81. The molecule has 0 saturated carbocycles. The molecule has 3 nitrogen and oxygen atoms in total. The molecule has 0 radical (unpaired) electrons. The zero-order chi connectivity index (χ0) is 14.2. The van der Waals surface area contributed by atoms with E-state index in [1.165, 1.54) is 0 Å². The Morgan fingerprint density at radius 2 is 1.60 bits per heavy atom. The van der Waals surface area contributed by atoms with Crippen molar-refractivity contribution in [3.8, 4) is 17.9 Å². The Hall–Kier alpha value is -2.78. The smallest absolute Gasteiger partial charge is 0.137 e. The summed E-state index contributed by atoms with van der Waals surface area (Å²) >= 11 is 0. The lowest BCUT2D eigenvalue weighted by Gasteiger charge is -2.08. The van der Waals surface area contributed by atoms with Crippen molar-refractivity contribution in [3.05, 3.63) is 65.7 Å². The highest BCUT2D eigenvalue weighted by atomic mass is 16.5. The Labute approximate surface area is 118 Å². The maximum Gasteiger partial charge on any atom is 0.137 e. The molecule has 2 rings (SSSR count). The van der Waals surface area contributed by atoms with E-state index in [2.05, 4.69) is 0 Å². The van der Waals surface area contributed by atoms with E-state index in [0.717, 1.165) is 16.9 Å². The predicted molar refractivity (Wildman–Crippen MR) is 75.6 cm³/mol. The standard InChI is InChI=1S/C17H14N2O/c18-11-16(12-19)9-15-7-4-8-17(10-15)20-13-14-5-2-1-3-6-14/h1-8,10,16H,9,13H2. The fourth-order valence-corrected chi connectivity index (χ4v) is 1.86. The van der Waals surface area contributed by atoms with E-state index in [9.17, 15) is 0 Å². The van der Waals surface area contributed by atoms with Gasteiger partial charge in [0.15, 0.2) is 0 Å². The highest BCUT2D eigenvalue weighted by molar-refractivity contribution is 5.30. The zero-order valence-corrected chi connectivity index (χ0v) is 11.0. The number of hydrogen-bond donors (Lipinski definition) is 0. The fraction of sp³-hybridized carbons (Fsp3) is 0.176. The summed E-state index contributed by atoms with van der Waals surface area (Å²) in [5.74, 6) is 0.139. The van der Waals surface area contributed by atoms with Crippen molar-refractivity contribution >= 4 is 0 Å². The van der Waals surface area contributed by atoms with E-state index in [1.54, 1.807) is 0 Å². The number of nitrogens with zero attached hydrogens (tertiary/aromatic N) is 2. The summed E-state index contributed by atoms with van der Waals surface area (Å²) in [5.41, 5.74) is 2.04. The number of rotatable bonds is 5. The lowest BCUT2D eigenvalue weighted by molar-refractivity contribution is 0.306. The maximum absolute atomic E-state index is 8.80. The second-order valence-electron chi connectivity index (χ2n) is 4.44. The Kier molecular flexibility index (Phi) is 4.76. The number of hydrogen-bond acceptors (Lipinski definition) is 3. The average molecular weight is 262 g/mol. The third kappa shape index (κ3) is 3.86. The Morgan fingerprint density at radius 3 is 2.30 bits per heavy atom. The summed E-state index contributed by atoms with van der Waals surface area (Å²) in [4.78, 5) is 0. The minimum Gasteiger partial charge on any atom is -0.489 e. The van der Waals surface area contributed by atoms with Crippen molar-refractivity contribution in [1.82, 2.24) is 0 Å². The summed E-state index contributed by atoms with van der Waals surface area (Å²) in [6.07, 6.45) is 0.426. The van der Waals surface area contributed by atoms with Gasteiger partial charge in [0.05, 0.1) is 12.1 Å². The van der Waals surface area contributed by atoms with E-state index < -0.39 is 5.92 Å². The highest BCUT2D eigenvalue weighted by Gasteiger charge is 2.07. The molecular weight excluding hydrogens is 248 g/mol. The van der Waals surface area contributed by atoms with Crippen molar-refractivity contribution < 1.29 is 4.74 Å². The molecule has 3 heteroatoms. The Bertz CT molecular complexity index is 624. The summed E-state index contributed by atoms with van der Waals surface area (Å²) < 4.78 is 5.72. The molecule has 20 heavy (non-hydrogen) atoms. The summed E-state index contributed by atoms with van der Waals surface area (Å²) in [5, 5.41) is 17.6. The third-order valence-electron chi connectivity index (χ3n) is 2.90. The third-order valence-corrected chi connectivity index (χ3v) is 2.90. The van der Waals surface area contributed by atoms with Crippen LogP contribution < -0.4 is 4.74 Å². The minimum absolute atomic E-state index is 0.426. The van der Waals surface area contributed by atoms with Crippen LogP contribution in [0.15, 0.2) is 54.6 Å². The van der Waals surface area contributed by atoms with Gasteiger partial charge in [0.25, 0.3) is 0 Å². The highest BCUT2D eigenvalue weighted by Crippen LogP contribution is 2.17. The Morgan fingerprint density at radius 1 is 0.900 bits per heavy atom. The SMILES string of the molecule is N#CC(C#N)Cc1cccc(OCc2ccccc2)c1. The van der Waals surface area contributed by atoms with Gasteiger partial charge in [-0.3, -0.25) is 0 Å². The summed E-state index contributed by atoms with van der Waals surface area (Å²) in [6.45, 7) is 0.504. The second-order valence-corrected chi connectivity index (χ2v) is 4.44. The first-order valence-corrected chi connectivity index (χ1v) is 6.36. The van der Waals surface area contributed by atoms with Gasteiger partial charge in [0, 0.05) is 6.42 Å². The molecule has 0 amide bonds. The predicted octanol–water partition coefficient (Wildman–Crippen LogP) is 3.47. The molecule has 0 bridgehead atoms. The molecule has 0 unspecified atom stereocenters. The van der Waals surface area contributed by atoms with Gasteiger partial charge in [0.2, 0.25) is 0 Å². The van der Waals surface area contributed by atoms with Gasteiger partial charge < -0.3 is 4.74 Å². The van der Waals surface area contributed by atoms with Gasteiger partial charge in [-0.15, -0.1) is 0 Å². The van der Waals surface area contributed by atoms with Crippen LogP contribution in [0.1, 0.15) is 11.1 Å². The van der Waals surface area contributed by atoms with Gasteiger partial charge in [-0.1, -0.05) is 42.5 Å². The molecule has 0 atom stereocenters. The van der Waals surface area contributed by atoms with Crippen LogP contribution in [0.4, 0.5) is 0 Å². The average Bonchev–Trinajstić information content (AvgIpc) is 2.52. The van der Waals surface area contributed by atoms with Gasteiger partial charge in [-0.2, -0.15) is 10.5 Å². The van der Waals surface area contributed by atoms with E-state index >= 15 is 0 Å². The van der Waals surface area contributed by atoms with Crippen LogP contribution in [0.3, 0.4) is 0 Å². The first-order valence-electron chi connectivity index (χ1n) is 6.36. The molecule has 2 aromatic carbocycles. The number of ether oxygens (including phenoxy) is 1. The van der Waals surface area contributed by atoms with Gasteiger partial charge >= 0.3 is 0 Å². The second kappa shape index (κ2) is 6.97. The molecular formula is C17H14N2O. The molecule has 0 fully saturated rings. The number of benzene rings is 2. The van der Waals surface area contributed by atoms with Crippen LogP contribution in [0.2, 0.25) is 0 Å². The monoisotopic (exact) mass is 262 g/mol. The van der Waals surface area contributed by atoms with E-state index in [-0.39, 0.29) is 0 Å². The fourth-order valence-electron chi connectivity index (χ4n) is 1.86. The molecule has 0 aromatic heterocycles. The van der Waals surface area contributed by atoms with Crippen LogP contribution in [0.25, 0.3) is 0 Å². The van der Waals surface area contributed by atoms with Crippen molar-refractivity contribution in [1.29, 1.82) is 10.5 Å². The van der Waals surface area contributed by atoms with Crippen molar-refractivity contribution in [3.63, 3.8) is 0 Å². The molecule has 0 saturated heterocycles. The molecule has 0 aliphatic carbocycles. The molecule has 2 aromatic rings. The molecule has 0 spiro atoms. The quantitative estimate of drug-likeness (QED) is 0.829. The zero-order valence-electron chi connectivity index (χ0n) is 11.0. The van der Waals surface area contributed by atoms with Crippen molar-refractivity contribution in [2.45, 2.75) is 13.0 Å². The minimum atomic E-state index is -0.612. The lowest BCUT2D eigenvalue weighted by atomic mass is 10.0. The molecule has 0 heterocycles. The summed E-state index contributed by atoms with van der Waals surface area (Å²) in [6, 6.07) is 21.4. The van der Waals surface area contributed by atoms with Crippen molar-refractivity contribution in [2.24, 2.45) is 5.92 Å². The molecule has 0 aliphatic rings. The van der Waals surface area contributed by atoms with Crippen LogP contribution in [0, 0.1) is 28.6 Å². The van der Waals surface area contributed by atoms with Crippen LogP contribution >= 0.6 is 0 Å². The van der Waals surface area contributed by atoms with Gasteiger partial charge in [-0.25, -0.2) is 0 Å². The lowest BCUT2D eigenvalue weighted by Crippen LogP contribution is -2.00. The normalized spacial score (nSPS) is 9.75. The van der Waals surface area contributed by atoms with Crippen molar-refractivity contribution in [2.75, 3.05) is 0 Å². The van der Waals surface area contributed by atoms with E-state index in [0.29, 0.717) is 13.0 Å². The van der Waals surface area contributed by atoms with Crippen LogP contribution in [-0.2, 0) is 13.0 Å². The molecule has 0 aliphatic heterocycles. The van der Waals surface area contributed by atoms with E-state index in [1.807, 2.05) is 66.7 Å². The maximum atomic E-state index is 8.80. The van der Waals surface area contributed by atoms with Crippen LogP contribution in [0.5, 0.6) is 5.75 Å². The van der Waals surface area contributed by atoms with Crippen LogP contribution in [-0.4, -0.2) is 0 Å². The summed E-state index contributed by atoms with van der Waals surface area (Å²) in [7, 11) is 0. The first kappa shape index (κ1) is 13.6. The molecule has 98 valence electrons. The topological polar surface area (TPSA) is 56.8 Å².